The van der Waals surface area contributed by atoms with Crippen LogP contribution in [0.5, 0.6) is 0 Å². The lowest BCUT2D eigenvalue weighted by Crippen LogP contribution is -2.27. The third kappa shape index (κ3) is 3.75. The molecule has 0 bridgehead atoms. The topological polar surface area (TPSA) is 87.8 Å². The molecule has 7 heteroatoms. The molecule has 1 N–H and O–H groups in total. The van der Waals surface area contributed by atoms with Crippen molar-refractivity contribution in [2.45, 2.75) is 19.2 Å². The molecule has 1 aromatic carbocycles. The molecule has 0 unspecified atom stereocenters. The van der Waals surface area contributed by atoms with Gasteiger partial charge in [0.1, 0.15) is 5.76 Å². The van der Waals surface area contributed by atoms with E-state index in [0.717, 1.165) is 5.56 Å². The van der Waals surface area contributed by atoms with E-state index in [1.165, 1.54) is 41.9 Å². The Labute approximate surface area is 129 Å². The largest absolute Gasteiger partial charge is 0.478 e. The van der Waals surface area contributed by atoms with Gasteiger partial charge >= 0.3 is 5.97 Å². The number of aryl methyl sites for hydroxylation is 1. The van der Waals surface area contributed by atoms with Crippen molar-refractivity contribution >= 4 is 16.0 Å². The number of furan rings is 1. The van der Waals surface area contributed by atoms with E-state index in [0.29, 0.717) is 11.3 Å². The van der Waals surface area contributed by atoms with Crippen molar-refractivity contribution in [2.75, 3.05) is 7.05 Å². The van der Waals surface area contributed by atoms with Crippen LogP contribution in [0.1, 0.15) is 27.2 Å². The Bertz CT molecular complexity index is 761. The quantitative estimate of drug-likeness (QED) is 0.881. The summed E-state index contributed by atoms with van der Waals surface area (Å²) < 4.78 is 31.1. The lowest BCUT2D eigenvalue weighted by molar-refractivity contribution is 0.0697. The number of carboxylic acid groups (broad SMARTS) is 1. The minimum Gasteiger partial charge on any atom is -0.478 e. The van der Waals surface area contributed by atoms with Crippen LogP contribution in [-0.2, 0) is 22.3 Å². The normalized spacial score (nSPS) is 11.8. The molecule has 0 aliphatic carbocycles. The molecule has 0 amide bonds. The zero-order valence-corrected chi connectivity index (χ0v) is 13.1. The number of sulfonamides is 1. The van der Waals surface area contributed by atoms with E-state index in [1.54, 1.807) is 13.0 Å². The van der Waals surface area contributed by atoms with E-state index >= 15 is 0 Å². The predicted molar refractivity (Wildman–Crippen MR) is 80.9 cm³/mol. The number of hydrogen-bond donors (Lipinski definition) is 1. The van der Waals surface area contributed by atoms with Gasteiger partial charge in [-0.05, 0) is 30.7 Å². The molecule has 2 rings (SSSR count). The van der Waals surface area contributed by atoms with Gasteiger partial charge in [0.15, 0.2) is 0 Å². The number of nitrogens with zero attached hydrogens (tertiary/aromatic N) is 1. The second-order valence-corrected chi connectivity index (χ2v) is 7.09. The van der Waals surface area contributed by atoms with Crippen molar-refractivity contribution in [3.8, 4) is 0 Å². The molecule has 1 heterocycles. The van der Waals surface area contributed by atoms with Gasteiger partial charge in [-0.15, -0.1) is 0 Å². The summed E-state index contributed by atoms with van der Waals surface area (Å²) in [4.78, 5) is 10.8. The van der Waals surface area contributed by atoms with Crippen molar-refractivity contribution in [3.05, 3.63) is 59.0 Å². The maximum absolute atomic E-state index is 12.3. The zero-order chi connectivity index (χ0) is 16.3. The van der Waals surface area contributed by atoms with E-state index in [-0.39, 0.29) is 17.9 Å². The number of carboxylic acids is 1. The van der Waals surface area contributed by atoms with Gasteiger partial charge in [-0.1, -0.05) is 12.1 Å². The molecule has 2 aromatic rings. The van der Waals surface area contributed by atoms with Gasteiger partial charge in [-0.3, -0.25) is 0 Å². The first-order chi connectivity index (χ1) is 10.3. The zero-order valence-electron chi connectivity index (χ0n) is 12.3. The second kappa shape index (κ2) is 6.33. The van der Waals surface area contributed by atoms with E-state index in [2.05, 4.69) is 0 Å². The number of benzene rings is 1. The molecular weight excluding hydrogens is 306 g/mol. The van der Waals surface area contributed by atoms with Crippen molar-refractivity contribution in [1.82, 2.24) is 4.31 Å². The van der Waals surface area contributed by atoms with Gasteiger partial charge in [0.25, 0.3) is 0 Å². The molecule has 0 radical (unpaired) electrons. The van der Waals surface area contributed by atoms with Crippen LogP contribution in [0.3, 0.4) is 0 Å². The molecule has 0 aliphatic rings. The third-order valence-corrected chi connectivity index (χ3v) is 5.16. The number of hydrogen-bond acceptors (Lipinski definition) is 4. The average molecular weight is 323 g/mol. The average Bonchev–Trinajstić information content (AvgIpc) is 2.84. The van der Waals surface area contributed by atoms with Gasteiger partial charge in [-0.2, -0.15) is 0 Å². The summed E-state index contributed by atoms with van der Waals surface area (Å²) in [6, 6.07) is 7.56. The second-order valence-electron chi connectivity index (χ2n) is 5.02. The summed E-state index contributed by atoms with van der Waals surface area (Å²) in [5.41, 5.74) is 1.48. The fourth-order valence-corrected chi connectivity index (χ4v) is 3.15. The van der Waals surface area contributed by atoms with Gasteiger partial charge in [-0.25, -0.2) is 17.5 Å². The Morgan fingerprint density at radius 2 is 1.86 bits per heavy atom. The summed E-state index contributed by atoms with van der Waals surface area (Å²) in [7, 11) is -1.99. The first kappa shape index (κ1) is 16.3. The van der Waals surface area contributed by atoms with Crippen LogP contribution < -0.4 is 0 Å². The van der Waals surface area contributed by atoms with Crippen LogP contribution in [-0.4, -0.2) is 30.8 Å². The highest BCUT2D eigenvalue weighted by Gasteiger charge is 2.20. The SMILES string of the molecule is Cc1occc1CN(C)S(=O)(=O)Cc1ccc(C(=O)O)cc1. The molecule has 0 aliphatic heterocycles. The summed E-state index contributed by atoms with van der Waals surface area (Å²) in [5.74, 6) is -0.532. The van der Waals surface area contributed by atoms with Crippen molar-refractivity contribution in [2.24, 2.45) is 0 Å². The van der Waals surface area contributed by atoms with Gasteiger partial charge in [0, 0.05) is 19.2 Å². The molecule has 0 fully saturated rings. The van der Waals surface area contributed by atoms with Crippen LogP contribution >= 0.6 is 0 Å². The van der Waals surface area contributed by atoms with E-state index in [9.17, 15) is 13.2 Å². The fourth-order valence-electron chi connectivity index (χ4n) is 1.98. The van der Waals surface area contributed by atoms with Crippen molar-refractivity contribution in [1.29, 1.82) is 0 Å². The van der Waals surface area contributed by atoms with Crippen LogP contribution in [0.15, 0.2) is 41.0 Å². The van der Waals surface area contributed by atoms with Gasteiger partial charge in [0.05, 0.1) is 17.6 Å². The lowest BCUT2D eigenvalue weighted by atomic mass is 10.1. The highest BCUT2D eigenvalue weighted by molar-refractivity contribution is 7.88. The molecular formula is C15H17NO5S. The monoisotopic (exact) mass is 323 g/mol. The van der Waals surface area contributed by atoms with E-state index in [1.807, 2.05) is 0 Å². The first-order valence-corrected chi connectivity index (χ1v) is 8.20. The number of carbonyl (C=O) groups is 1. The first-order valence-electron chi connectivity index (χ1n) is 6.59. The standard InChI is InChI=1S/C15H17NO5S/c1-11-14(7-8-21-11)9-16(2)22(19,20)10-12-3-5-13(6-4-12)15(17)18/h3-8H,9-10H2,1-2H3,(H,17,18). The molecule has 118 valence electrons. The minimum atomic E-state index is -3.50. The van der Waals surface area contributed by atoms with E-state index < -0.39 is 16.0 Å². The highest BCUT2D eigenvalue weighted by atomic mass is 32.2. The van der Waals surface area contributed by atoms with Gasteiger partial charge < -0.3 is 9.52 Å². The minimum absolute atomic E-state index is 0.128. The van der Waals surface area contributed by atoms with Crippen LogP contribution in [0, 0.1) is 6.92 Å². The summed E-state index contributed by atoms with van der Waals surface area (Å²) in [6.07, 6.45) is 1.52. The Morgan fingerprint density at radius 3 is 2.36 bits per heavy atom. The summed E-state index contributed by atoms with van der Waals surface area (Å²) >= 11 is 0. The Kier molecular flexibility index (Phi) is 4.68. The Balaban J connectivity index is 2.09. The summed E-state index contributed by atoms with van der Waals surface area (Å²) in [6.45, 7) is 2.01. The number of aromatic carboxylic acids is 1. The molecule has 1 aromatic heterocycles. The van der Waals surface area contributed by atoms with Gasteiger partial charge in [0.2, 0.25) is 10.0 Å². The van der Waals surface area contributed by atoms with Crippen LogP contribution in [0.2, 0.25) is 0 Å². The Hall–Kier alpha value is -2.12. The molecule has 0 spiro atoms. The van der Waals surface area contributed by atoms with Crippen LogP contribution in [0.4, 0.5) is 0 Å². The maximum Gasteiger partial charge on any atom is 0.335 e. The fraction of sp³-hybridized carbons (Fsp3) is 0.267. The number of rotatable bonds is 6. The lowest BCUT2D eigenvalue weighted by Gasteiger charge is -2.17. The molecule has 0 saturated heterocycles. The third-order valence-electron chi connectivity index (χ3n) is 3.38. The molecule has 22 heavy (non-hydrogen) atoms. The van der Waals surface area contributed by atoms with E-state index in [4.69, 9.17) is 9.52 Å². The van der Waals surface area contributed by atoms with Crippen LogP contribution in [0.25, 0.3) is 0 Å². The molecule has 6 nitrogen and oxygen atoms in total. The highest BCUT2D eigenvalue weighted by Crippen LogP contribution is 2.16. The predicted octanol–water partition coefficient (Wildman–Crippen LogP) is 2.25. The maximum atomic E-state index is 12.3. The molecule has 0 saturated carbocycles. The van der Waals surface area contributed by atoms with Crippen molar-refractivity contribution in [3.63, 3.8) is 0 Å². The smallest absolute Gasteiger partial charge is 0.335 e. The summed E-state index contributed by atoms with van der Waals surface area (Å²) in [5, 5.41) is 8.83. The molecule has 0 atom stereocenters. The van der Waals surface area contributed by atoms with Crippen molar-refractivity contribution < 1.29 is 22.7 Å². The Morgan fingerprint density at radius 1 is 1.23 bits per heavy atom.